The van der Waals surface area contributed by atoms with Crippen LogP contribution in [0.4, 0.5) is 23.7 Å². The Morgan fingerprint density at radius 1 is 1.40 bits per heavy atom. The Kier molecular flexibility index (Phi) is 5.38. The van der Waals surface area contributed by atoms with Gasteiger partial charge in [-0.25, -0.2) is 4.79 Å². The molecule has 0 aliphatic carbocycles. The van der Waals surface area contributed by atoms with Crippen LogP contribution < -0.4 is 10.6 Å². The summed E-state index contributed by atoms with van der Waals surface area (Å²) in [6.07, 6.45) is -3.94. The first kappa shape index (κ1) is 16.3. The molecule has 1 unspecified atom stereocenters. The molecule has 1 rings (SSSR count). The first-order valence-electron chi connectivity index (χ1n) is 6.14. The van der Waals surface area contributed by atoms with E-state index < -0.39 is 23.8 Å². The average Bonchev–Trinajstić information content (AvgIpc) is 2.37. The van der Waals surface area contributed by atoms with Crippen LogP contribution in [0.1, 0.15) is 24.5 Å². The summed E-state index contributed by atoms with van der Waals surface area (Å²) in [5.41, 5.74) is -0.748. The number of nitrogens with one attached hydrogen (secondary N) is 2. The lowest BCUT2D eigenvalue weighted by Crippen LogP contribution is -2.39. The zero-order chi connectivity index (χ0) is 15.3. The van der Waals surface area contributed by atoms with Crippen molar-refractivity contribution in [2.75, 3.05) is 11.9 Å². The van der Waals surface area contributed by atoms with Crippen molar-refractivity contribution in [2.45, 2.75) is 32.5 Å². The molecule has 3 N–H and O–H groups in total. The van der Waals surface area contributed by atoms with Crippen molar-refractivity contribution < 1.29 is 23.1 Å². The predicted molar refractivity (Wildman–Crippen MR) is 69.5 cm³/mol. The Morgan fingerprint density at radius 3 is 2.55 bits per heavy atom. The van der Waals surface area contributed by atoms with E-state index in [0.717, 1.165) is 6.07 Å². The second-order valence-corrected chi connectivity index (χ2v) is 4.36. The van der Waals surface area contributed by atoms with Gasteiger partial charge in [0.2, 0.25) is 0 Å². The van der Waals surface area contributed by atoms with Crippen molar-refractivity contribution >= 4 is 11.7 Å². The summed E-state index contributed by atoms with van der Waals surface area (Å²) in [5, 5.41) is 13.8. The number of urea groups is 1. The fourth-order valence-electron chi connectivity index (χ4n) is 1.70. The Hall–Kier alpha value is -1.76. The van der Waals surface area contributed by atoms with Crippen molar-refractivity contribution in [3.05, 3.63) is 29.3 Å². The van der Waals surface area contributed by atoms with Gasteiger partial charge in [0.1, 0.15) is 0 Å². The quantitative estimate of drug-likeness (QED) is 0.798. The Balaban J connectivity index is 2.86. The highest BCUT2D eigenvalue weighted by molar-refractivity contribution is 5.90. The van der Waals surface area contributed by atoms with Crippen molar-refractivity contribution in [1.82, 2.24) is 5.32 Å². The summed E-state index contributed by atoms with van der Waals surface area (Å²) < 4.78 is 38.2. The van der Waals surface area contributed by atoms with Crippen LogP contribution in [0.5, 0.6) is 0 Å². The van der Waals surface area contributed by atoms with E-state index in [1.807, 2.05) is 0 Å². The second-order valence-electron chi connectivity index (χ2n) is 4.36. The molecule has 0 spiro atoms. The zero-order valence-corrected chi connectivity index (χ0v) is 11.2. The number of amides is 2. The van der Waals surface area contributed by atoms with Crippen LogP contribution in [-0.2, 0) is 6.18 Å². The summed E-state index contributed by atoms with van der Waals surface area (Å²) in [6.45, 7) is 2.84. The van der Waals surface area contributed by atoms with Crippen LogP contribution in [-0.4, -0.2) is 23.8 Å². The predicted octanol–water partition coefficient (Wildman–Crippen LogP) is 2.91. The molecule has 7 heteroatoms. The molecule has 0 fully saturated rings. The number of benzene rings is 1. The number of anilines is 1. The number of rotatable bonds is 4. The van der Waals surface area contributed by atoms with Gasteiger partial charge in [-0.3, -0.25) is 0 Å². The van der Waals surface area contributed by atoms with E-state index >= 15 is 0 Å². The summed E-state index contributed by atoms with van der Waals surface area (Å²) >= 11 is 0. The summed E-state index contributed by atoms with van der Waals surface area (Å²) in [4.78, 5) is 11.6. The molecule has 0 saturated heterocycles. The molecule has 112 valence electrons. The minimum Gasteiger partial charge on any atom is -0.394 e. The number of halogens is 3. The Labute approximate surface area is 115 Å². The van der Waals surface area contributed by atoms with Gasteiger partial charge in [0.15, 0.2) is 0 Å². The van der Waals surface area contributed by atoms with Gasteiger partial charge >= 0.3 is 12.2 Å². The summed E-state index contributed by atoms with van der Waals surface area (Å²) in [5.74, 6) is 0. The second kappa shape index (κ2) is 6.60. The number of carbonyl (C=O) groups is 1. The van der Waals surface area contributed by atoms with Gasteiger partial charge in [-0.1, -0.05) is 13.0 Å². The van der Waals surface area contributed by atoms with E-state index in [1.54, 1.807) is 6.92 Å². The van der Waals surface area contributed by atoms with E-state index in [9.17, 15) is 18.0 Å². The third-order valence-corrected chi connectivity index (χ3v) is 2.94. The highest BCUT2D eigenvalue weighted by atomic mass is 19.4. The minimum atomic E-state index is -4.46. The van der Waals surface area contributed by atoms with Crippen molar-refractivity contribution in [2.24, 2.45) is 0 Å². The van der Waals surface area contributed by atoms with Gasteiger partial charge in [-0.05, 0) is 31.0 Å². The van der Waals surface area contributed by atoms with Crippen molar-refractivity contribution in [3.8, 4) is 0 Å². The van der Waals surface area contributed by atoms with E-state index in [4.69, 9.17) is 5.11 Å². The largest absolute Gasteiger partial charge is 0.416 e. The van der Waals surface area contributed by atoms with Crippen molar-refractivity contribution in [1.29, 1.82) is 0 Å². The standard InChI is InChI=1S/C13H17F3N2O2/c1-3-9(7-19)17-12(20)18-11-6-4-5-10(8(11)2)13(14,15)16/h4-6,9,19H,3,7H2,1-2H3,(H2,17,18,20). The molecule has 1 aromatic rings. The Bertz CT molecular complexity index is 471. The third-order valence-electron chi connectivity index (χ3n) is 2.94. The highest BCUT2D eigenvalue weighted by Crippen LogP contribution is 2.34. The van der Waals surface area contributed by atoms with Gasteiger partial charge < -0.3 is 15.7 Å². The monoisotopic (exact) mass is 290 g/mol. The zero-order valence-electron chi connectivity index (χ0n) is 11.2. The smallest absolute Gasteiger partial charge is 0.394 e. The lowest BCUT2D eigenvalue weighted by Gasteiger charge is -2.17. The maximum Gasteiger partial charge on any atom is 0.416 e. The molecular weight excluding hydrogens is 273 g/mol. The molecule has 1 aromatic carbocycles. The normalized spacial score (nSPS) is 12.9. The molecular formula is C13H17F3N2O2. The number of hydrogen-bond donors (Lipinski definition) is 3. The van der Waals surface area contributed by atoms with Crippen LogP contribution in [0, 0.1) is 6.92 Å². The first-order chi connectivity index (χ1) is 9.29. The molecule has 2 amide bonds. The molecule has 0 aliphatic rings. The molecule has 0 aromatic heterocycles. The molecule has 1 atom stereocenters. The molecule has 0 heterocycles. The maximum atomic E-state index is 12.7. The summed E-state index contributed by atoms with van der Waals surface area (Å²) in [7, 11) is 0. The van der Waals surface area contributed by atoms with E-state index in [0.29, 0.717) is 6.42 Å². The van der Waals surface area contributed by atoms with Crippen LogP contribution in [0.15, 0.2) is 18.2 Å². The molecule has 0 bridgehead atoms. The molecule has 20 heavy (non-hydrogen) atoms. The minimum absolute atomic E-state index is 0.0489. The first-order valence-corrected chi connectivity index (χ1v) is 6.14. The Morgan fingerprint density at radius 2 is 2.05 bits per heavy atom. The van der Waals surface area contributed by atoms with E-state index in [2.05, 4.69) is 10.6 Å². The number of carbonyl (C=O) groups excluding carboxylic acids is 1. The molecule has 0 radical (unpaired) electrons. The van der Waals surface area contributed by atoms with Gasteiger partial charge in [0, 0.05) is 5.69 Å². The number of alkyl halides is 3. The van der Waals surface area contributed by atoms with Gasteiger partial charge in [0.25, 0.3) is 0 Å². The number of hydrogen-bond acceptors (Lipinski definition) is 2. The highest BCUT2D eigenvalue weighted by Gasteiger charge is 2.33. The van der Waals surface area contributed by atoms with Crippen LogP contribution >= 0.6 is 0 Å². The molecule has 0 saturated carbocycles. The van der Waals surface area contributed by atoms with Crippen LogP contribution in [0.2, 0.25) is 0 Å². The van der Waals surface area contributed by atoms with E-state index in [1.165, 1.54) is 19.1 Å². The third kappa shape index (κ3) is 4.12. The van der Waals surface area contributed by atoms with Gasteiger partial charge in [-0.15, -0.1) is 0 Å². The van der Waals surface area contributed by atoms with E-state index in [-0.39, 0.29) is 17.9 Å². The topological polar surface area (TPSA) is 61.4 Å². The van der Waals surface area contributed by atoms with Gasteiger partial charge in [-0.2, -0.15) is 13.2 Å². The molecule has 0 aliphatic heterocycles. The van der Waals surface area contributed by atoms with Crippen LogP contribution in [0.3, 0.4) is 0 Å². The number of aliphatic hydroxyl groups excluding tert-OH is 1. The fraction of sp³-hybridized carbons (Fsp3) is 0.462. The lowest BCUT2D eigenvalue weighted by atomic mass is 10.1. The molecule has 4 nitrogen and oxygen atoms in total. The maximum absolute atomic E-state index is 12.7. The van der Waals surface area contributed by atoms with Crippen LogP contribution in [0.25, 0.3) is 0 Å². The fourth-order valence-corrected chi connectivity index (χ4v) is 1.70. The lowest BCUT2D eigenvalue weighted by molar-refractivity contribution is -0.138. The van der Waals surface area contributed by atoms with Crippen molar-refractivity contribution in [3.63, 3.8) is 0 Å². The van der Waals surface area contributed by atoms with Gasteiger partial charge in [0.05, 0.1) is 18.2 Å². The number of aliphatic hydroxyl groups is 1. The summed E-state index contributed by atoms with van der Waals surface area (Å²) in [6, 6.07) is 2.51. The SMILES string of the molecule is CCC(CO)NC(=O)Nc1cccc(C(F)(F)F)c1C. The average molecular weight is 290 g/mol.